The van der Waals surface area contributed by atoms with Crippen LogP contribution in [0.5, 0.6) is 0 Å². The Labute approximate surface area is 183 Å². The number of fused-ring (bicyclic) bond motifs is 1. The van der Waals surface area contributed by atoms with Gasteiger partial charge in [-0.1, -0.05) is 13.0 Å². The number of aliphatic imine (C=N–C) groups is 1. The van der Waals surface area contributed by atoms with Crippen molar-refractivity contribution >= 4 is 40.3 Å². The quantitative estimate of drug-likeness (QED) is 0.514. The molecule has 2 aliphatic heterocycles. The number of amides is 1. The lowest BCUT2D eigenvalue weighted by Gasteiger charge is -2.37. The average molecular weight is 428 g/mol. The highest BCUT2D eigenvalue weighted by atomic mass is 32.1. The van der Waals surface area contributed by atoms with Gasteiger partial charge in [0.25, 0.3) is 0 Å². The zero-order valence-electron chi connectivity index (χ0n) is 17.5. The number of anilines is 1. The summed E-state index contributed by atoms with van der Waals surface area (Å²) in [6, 6.07) is 3.85. The highest BCUT2D eigenvalue weighted by Crippen LogP contribution is 2.20. The van der Waals surface area contributed by atoms with Crippen LogP contribution in [0.15, 0.2) is 46.9 Å². The molecule has 8 nitrogen and oxygen atoms in total. The summed E-state index contributed by atoms with van der Waals surface area (Å²) >= 11 is 5.60. The van der Waals surface area contributed by atoms with Crippen molar-refractivity contribution in [3.8, 4) is 0 Å². The SMILES string of the molecule is CCCN(CCNc1ccncc1)C(=S)N/N=C1/CCN(C(C)=O)C2CC=CN=C12. The zero-order valence-corrected chi connectivity index (χ0v) is 18.4. The van der Waals surface area contributed by atoms with Gasteiger partial charge in [-0.2, -0.15) is 5.10 Å². The fourth-order valence-electron chi connectivity index (χ4n) is 3.64. The van der Waals surface area contributed by atoms with E-state index in [-0.39, 0.29) is 11.9 Å². The number of nitrogens with one attached hydrogen (secondary N) is 2. The molecule has 3 rings (SSSR count). The second-order valence-corrected chi connectivity index (χ2v) is 7.62. The molecule has 2 N–H and O–H groups in total. The van der Waals surface area contributed by atoms with Crippen LogP contribution in [0, 0.1) is 0 Å². The van der Waals surface area contributed by atoms with Crippen LogP contribution in [0.25, 0.3) is 0 Å². The third-order valence-electron chi connectivity index (χ3n) is 5.12. The molecule has 1 fully saturated rings. The monoisotopic (exact) mass is 427 g/mol. The first kappa shape index (κ1) is 21.9. The Morgan fingerprint density at radius 2 is 2.17 bits per heavy atom. The molecule has 1 saturated heterocycles. The Morgan fingerprint density at radius 3 is 2.90 bits per heavy atom. The number of thiocarbonyl (C=S) groups is 1. The van der Waals surface area contributed by atoms with Crippen LogP contribution in [0.1, 0.15) is 33.1 Å². The Balaban J connectivity index is 1.59. The van der Waals surface area contributed by atoms with Gasteiger partial charge in [0.1, 0.15) is 0 Å². The molecule has 0 radical (unpaired) electrons. The third-order valence-corrected chi connectivity index (χ3v) is 5.47. The van der Waals surface area contributed by atoms with E-state index in [0.717, 1.165) is 49.6 Å². The molecule has 1 amide bonds. The van der Waals surface area contributed by atoms with E-state index < -0.39 is 0 Å². The van der Waals surface area contributed by atoms with E-state index in [1.165, 1.54) is 0 Å². The Hall–Kier alpha value is -2.81. The van der Waals surface area contributed by atoms with Gasteiger partial charge in [0.05, 0.1) is 17.5 Å². The molecule has 0 bridgehead atoms. The van der Waals surface area contributed by atoms with Gasteiger partial charge in [0.2, 0.25) is 5.91 Å². The van der Waals surface area contributed by atoms with Crippen molar-refractivity contribution < 1.29 is 4.79 Å². The van der Waals surface area contributed by atoms with Gasteiger partial charge in [-0.3, -0.25) is 20.2 Å². The van der Waals surface area contributed by atoms with Crippen molar-refractivity contribution in [2.75, 3.05) is 31.5 Å². The van der Waals surface area contributed by atoms with Crippen LogP contribution in [-0.4, -0.2) is 69.4 Å². The van der Waals surface area contributed by atoms with Gasteiger partial charge in [-0.25, -0.2) is 0 Å². The Morgan fingerprint density at radius 1 is 1.37 bits per heavy atom. The van der Waals surface area contributed by atoms with E-state index in [9.17, 15) is 4.79 Å². The van der Waals surface area contributed by atoms with E-state index in [1.807, 2.05) is 23.1 Å². The summed E-state index contributed by atoms with van der Waals surface area (Å²) in [7, 11) is 0. The van der Waals surface area contributed by atoms with Crippen LogP contribution in [0.4, 0.5) is 5.69 Å². The summed E-state index contributed by atoms with van der Waals surface area (Å²) in [4.78, 5) is 24.5. The lowest BCUT2D eigenvalue weighted by Crippen LogP contribution is -2.53. The number of hydrazone groups is 1. The smallest absolute Gasteiger partial charge is 0.220 e. The second kappa shape index (κ2) is 10.8. The number of hydrogen-bond acceptors (Lipinski definition) is 6. The Kier molecular flexibility index (Phi) is 7.89. The van der Waals surface area contributed by atoms with Gasteiger partial charge in [0.15, 0.2) is 5.11 Å². The number of carbonyl (C=O) groups excluding carboxylic acids is 1. The number of carbonyl (C=O) groups is 1. The molecule has 2 aliphatic rings. The van der Waals surface area contributed by atoms with Crippen LogP contribution >= 0.6 is 12.2 Å². The first-order valence-corrected chi connectivity index (χ1v) is 10.8. The average Bonchev–Trinajstić information content (AvgIpc) is 2.77. The molecule has 1 aromatic rings. The summed E-state index contributed by atoms with van der Waals surface area (Å²) in [6.45, 7) is 6.75. The van der Waals surface area contributed by atoms with Crippen LogP contribution in [-0.2, 0) is 4.79 Å². The number of pyridine rings is 1. The van der Waals surface area contributed by atoms with Gasteiger partial charge >= 0.3 is 0 Å². The Bertz CT molecular complexity index is 837. The lowest BCUT2D eigenvalue weighted by molar-refractivity contribution is -0.129. The number of hydrogen-bond donors (Lipinski definition) is 2. The molecule has 9 heteroatoms. The third kappa shape index (κ3) is 5.63. The fourth-order valence-corrected chi connectivity index (χ4v) is 3.87. The number of nitrogens with zero attached hydrogens (tertiary/aromatic N) is 5. The minimum atomic E-state index is -0.0355. The highest BCUT2D eigenvalue weighted by molar-refractivity contribution is 7.80. The number of likely N-dealkylation sites (tertiary alicyclic amines) is 1. The molecule has 0 saturated carbocycles. The van der Waals surface area contributed by atoms with Crippen molar-refractivity contribution in [1.82, 2.24) is 20.2 Å². The molecular weight excluding hydrogens is 398 g/mol. The predicted molar refractivity (Wildman–Crippen MR) is 125 cm³/mol. The van der Waals surface area contributed by atoms with Crippen molar-refractivity contribution in [2.45, 2.75) is 39.2 Å². The van der Waals surface area contributed by atoms with Gasteiger partial charge in [-0.05, 0) is 37.2 Å². The largest absolute Gasteiger partial charge is 0.383 e. The molecular formula is C21H29N7OS. The molecule has 1 aromatic heterocycles. The zero-order chi connectivity index (χ0) is 21.3. The summed E-state index contributed by atoms with van der Waals surface area (Å²) < 4.78 is 0. The van der Waals surface area contributed by atoms with E-state index in [2.05, 4.69) is 37.6 Å². The minimum absolute atomic E-state index is 0.0355. The van der Waals surface area contributed by atoms with Crippen LogP contribution < -0.4 is 10.7 Å². The maximum absolute atomic E-state index is 11.9. The lowest BCUT2D eigenvalue weighted by atomic mass is 9.93. The standard InChI is InChI=1S/C21H29N7OS/c1-3-13-27(15-12-23-17-6-10-22-11-7-17)21(30)26-25-18-8-14-28(16(2)29)19-5-4-9-24-20(18)19/h4,6-7,9-11,19H,3,5,8,12-15H2,1-2H3,(H,22,23)(H,26,30)/b25-18-. The topological polar surface area (TPSA) is 85.2 Å². The minimum Gasteiger partial charge on any atom is -0.383 e. The summed E-state index contributed by atoms with van der Waals surface area (Å²) in [5, 5.41) is 8.56. The molecule has 0 aromatic carbocycles. The summed E-state index contributed by atoms with van der Waals surface area (Å²) in [6.07, 6.45) is 9.73. The van der Waals surface area contributed by atoms with Crippen LogP contribution in [0.2, 0.25) is 0 Å². The molecule has 1 unspecified atom stereocenters. The van der Waals surface area contributed by atoms with Crippen LogP contribution in [0.3, 0.4) is 0 Å². The van der Waals surface area contributed by atoms with E-state index in [4.69, 9.17) is 12.2 Å². The van der Waals surface area contributed by atoms with E-state index in [1.54, 1.807) is 25.5 Å². The van der Waals surface area contributed by atoms with Crippen molar-refractivity contribution in [3.63, 3.8) is 0 Å². The maximum atomic E-state index is 11.9. The summed E-state index contributed by atoms with van der Waals surface area (Å²) in [5.41, 5.74) is 5.82. The number of aromatic nitrogens is 1. The molecule has 30 heavy (non-hydrogen) atoms. The molecule has 0 spiro atoms. The van der Waals surface area contributed by atoms with Crippen molar-refractivity contribution in [1.29, 1.82) is 0 Å². The number of piperidine rings is 1. The predicted octanol–water partition coefficient (Wildman–Crippen LogP) is 2.42. The fraction of sp³-hybridized carbons (Fsp3) is 0.476. The molecule has 1 atom stereocenters. The van der Waals surface area contributed by atoms with Gasteiger partial charge in [0, 0.05) is 63.8 Å². The van der Waals surface area contributed by atoms with E-state index >= 15 is 0 Å². The first-order chi connectivity index (χ1) is 14.6. The second-order valence-electron chi connectivity index (χ2n) is 7.24. The van der Waals surface area contributed by atoms with E-state index in [0.29, 0.717) is 18.1 Å². The van der Waals surface area contributed by atoms with Gasteiger partial charge < -0.3 is 15.1 Å². The highest BCUT2D eigenvalue weighted by Gasteiger charge is 2.34. The van der Waals surface area contributed by atoms with Crippen molar-refractivity contribution in [2.24, 2.45) is 10.1 Å². The summed E-state index contributed by atoms with van der Waals surface area (Å²) in [5.74, 6) is 0.0707. The first-order valence-electron chi connectivity index (χ1n) is 10.4. The molecule has 160 valence electrons. The molecule has 0 aliphatic carbocycles. The maximum Gasteiger partial charge on any atom is 0.220 e. The normalized spacial score (nSPS) is 19.1. The molecule has 3 heterocycles. The van der Waals surface area contributed by atoms with Gasteiger partial charge in [-0.15, -0.1) is 0 Å². The van der Waals surface area contributed by atoms with Crippen molar-refractivity contribution in [3.05, 3.63) is 36.8 Å². The number of rotatable bonds is 7.